The van der Waals surface area contributed by atoms with E-state index in [0.717, 1.165) is 25.0 Å². The summed E-state index contributed by atoms with van der Waals surface area (Å²) in [5, 5.41) is 3.07. The summed E-state index contributed by atoms with van der Waals surface area (Å²) in [4.78, 5) is 0. The Hall–Kier alpha value is -1.47. The Bertz CT molecular complexity index is 405. The Morgan fingerprint density at radius 2 is 2.10 bits per heavy atom. The summed E-state index contributed by atoms with van der Waals surface area (Å²) in [6, 6.07) is 3.73. The lowest BCUT2D eigenvalue weighted by Gasteiger charge is -2.19. The van der Waals surface area contributed by atoms with E-state index in [9.17, 15) is 13.2 Å². The van der Waals surface area contributed by atoms with Crippen molar-refractivity contribution in [3.63, 3.8) is 0 Å². The second-order valence-corrected chi connectivity index (χ2v) is 4.25. The number of nitrogens with two attached hydrogens (primary N) is 1. The Balaban J connectivity index is 2.68. The average molecular weight is 292 g/mol. The van der Waals surface area contributed by atoms with E-state index in [1.165, 1.54) is 6.07 Å². The van der Waals surface area contributed by atoms with Crippen LogP contribution in [0.5, 0.6) is 5.75 Å². The molecule has 0 heterocycles. The van der Waals surface area contributed by atoms with Crippen molar-refractivity contribution in [1.29, 1.82) is 0 Å². The molecule has 3 N–H and O–H groups in total. The van der Waals surface area contributed by atoms with Gasteiger partial charge in [0.15, 0.2) is 11.6 Å². The van der Waals surface area contributed by atoms with E-state index < -0.39 is 18.2 Å². The molecule has 0 aliphatic rings. The predicted molar refractivity (Wildman–Crippen MR) is 70.6 cm³/mol. The molecule has 114 valence electrons. The number of nitrogens with one attached hydrogen (secondary N) is 1. The molecule has 0 aliphatic heterocycles. The van der Waals surface area contributed by atoms with Gasteiger partial charge in [-0.1, -0.05) is 0 Å². The fourth-order valence-corrected chi connectivity index (χ4v) is 1.78. The van der Waals surface area contributed by atoms with Crippen molar-refractivity contribution in [1.82, 2.24) is 0 Å². The number of methoxy groups -OCH3 is 1. The van der Waals surface area contributed by atoms with Crippen LogP contribution in [-0.4, -0.2) is 32.9 Å². The number of halogens is 3. The molecule has 4 nitrogen and oxygen atoms in total. The lowest BCUT2D eigenvalue weighted by Crippen LogP contribution is -2.25. The molecule has 7 heteroatoms. The minimum Gasteiger partial charge on any atom is -0.432 e. The first-order valence-electron chi connectivity index (χ1n) is 6.26. The largest absolute Gasteiger partial charge is 0.432 e. The summed E-state index contributed by atoms with van der Waals surface area (Å²) in [5.74, 6) is -1.32. The van der Waals surface area contributed by atoms with Gasteiger partial charge in [-0.2, -0.15) is 8.78 Å². The van der Waals surface area contributed by atoms with Gasteiger partial charge < -0.3 is 20.5 Å². The third kappa shape index (κ3) is 5.66. The van der Waals surface area contributed by atoms with E-state index in [1.54, 1.807) is 7.11 Å². The number of benzene rings is 1. The number of alkyl halides is 2. The molecule has 1 aromatic rings. The maximum Gasteiger partial charge on any atom is 0.387 e. The van der Waals surface area contributed by atoms with Gasteiger partial charge in [0.1, 0.15) is 0 Å². The van der Waals surface area contributed by atoms with Crippen LogP contribution in [0.2, 0.25) is 0 Å². The van der Waals surface area contributed by atoms with Crippen LogP contribution in [0, 0.1) is 5.82 Å². The lowest BCUT2D eigenvalue weighted by molar-refractivity contribution is -0.0521. The summed E-state index contributed by atoms with van der Waals surface area (Å²) in [5.41, 5.74) is 5.92. The standard InChI is InChI=1S/C13H19F3N2O2/c1-19-8-10(3-2-6-17)18-9-4-5-12(11(14)7-9)20-13(15)16/h4-5,7,10,13,18H,2-3,6,8,17H2,1H3. The topological polar surface area (TPSA) is 56.5 Å². The van der Waals surface area contributed by atoms with Crippen molar-refractivity contribution in [2.75, 3.05) is 25.6 Å². The first-order valence-corrected chi connectivity index (χ1v) is 6.26. The van der Waals surface area contributed by atoms with E-state index in [2.05, 4.69) is 10.1 Å². The molecule has 0 saturated heterocycles. The van der Waals surface area contributed by atoms with E-state index in [4.69, 9.17) is 10.5 Å². The lowest BCUT2D eigenvalue weighted by atomic mass is 10.1. The number of anilines is 1. The molecule has 0 aromatic heterocycles. The van der Waals surface area contributed by atoms with Crippen molar-refractivity contribution in [2.24, 2.45) is 5.73 Å². The van der Waals surface area contributed by atoms with E-state index in [-0.39, 0.29) is 6.04 Å². The summed E-state index contributed by atoms with van der Waals surface area (Å²) in [6.45, 7) is -2.05. The maximum absolute atomic E-state index is 13.5. The summed E-state index contributed by atoms with van der Waals surface area (Å²) in [7, 11) is 1.57. The Morgan fingerprint density at radius 1 is 1.35 bits per heavy atom. The Kier molecular flexibility index (Phi) is 7.17. The van der Waals surface area contributed by atoms with Gasteiger partial charge in [-0.25, -0.2) is 4.39 Å². The van der Waals surface area contributed by atoms with Gasteiger partial charge in [0.2, 0.25) is 0 Å². The Labute approximate surface area is 116 Å². The SMILES string of the molecule is COCC(CCCN)Nc1ccc(OC(F)F)c(F)c1. The van der Waals surface area contributed by atoms with Crippen LogP contribution in [0.1, 0.15) is 12.8 Å². The molecule has 1 unspecified atom stereocenters. The van der Waals surface area contributed by atoms with Crippen LogP contribution in [0.25, 0.3) is 0 Å². The minimum absolute atomic E-state index is 0.0233. The van der Waals surface area contributed by atoms with Gasteiger partial charge >= 0.3 is 6.61 Å². The summed E-state index contributed by atoms with van der Waals surface area (Å²) >= 11 is 0. The normalized spacial score (nSPS) is 12.5. The Morgan fingerprint density at radius 3 is 2.65 bits per heavy atom. The first kappa shape index (κ1) is 16.6. The van der Waals surface area contributed by atoms with Gasteiger partial charge in [0.05, 0.1) is 6.61 Å². The molecule has 0 amide bonds. The highest BCUT2D eigenvalue weighted by Crippen LogP contribution is 2.23. The zero-order valence-electron chi connectivity index (χ0n) is 11.2. The molecule has 1 atom stereocenters. The summed E-state index contributed by atoms with van der Waals surface area (Å²) < 4.78 is 46.7. The van der Waals surface area contributed by atoms with Crippen molar-refractivity contribution >= 4 is 5.69 Å². The van der Waals surface area contributed by atoms with E-state index in [0.29, 0.717) is 18.8 Å². The monoisotopic (exact) mass is 292 g/mol. The van der Waals surface area contributed by atoms with Gasteiger partial charge in [-0.3, -0.25) is 0 Å². The van der Waals surface area contributed by atoms with Crippen molar-refractivity contribution in [3.05, 3.63) is 24.0 Å². The van der Waals surface area contributed by atoms with E-state index in [1.807, 2.05) is 0 Å². The molecule has 0 spiro atoms. The number of rotatable bonds is 9. The van der Waals surface area contributed by atoms with Crippen molar-refractivity contribution in [3.8, 4) is 5.75 Å². The number of hydrogen-bond donors (Lipinski definition) is 2. The van der Waals surface area contributed by atoms with Crippen LogP contribution < -0.4 is 15.8 Å². The molecule has 0 bridgehead atoms. The van der Waals surface area contributed by atoms with E-state index >= 15 is 0 Å². The molecule has 1 aromatic carbocycles. The van der Waals surface area contributed by atoms with Crippen LogP contribution in [-0.2, 0) is 4.74 Å². The number of hydrogen-bond acceptors (Lipinski definition) is 4. The fourth-order valence-electron chi connectivity index (χ4n) is 1.78. The smallest absolute Gasteiger partial charge is 0.387 e. The molecule has 0 aliphatic carbocycles. The molecular weight excluding hydrogens is 273 g/mol. The predicted octanol–water partition coefficient (Wildman–Crippen LogP) is 2.59. The quantitative estimate of drug-likeness (QED) is 0.734. The molecule has 0 saturated carbocycles. The van der Waals surface area contributed by atoms with Crippen LogP contribution in [0.15, 0.2) is 18.2 Å². The molecule has 0 fully saturated rings. The van der Waals surface area contributed by atoms with Gasteiger partial charge in [-0.15, -0.1) is 0 Å². The highest BCUT2D eigenvalue weighted by Gasteiger charge is 2.12. The van der Waals surface area contributed by atoms with Gasteiger partial charge in [0.25, 0.3) is 0 Å². The molecular formula is C13H19F3N2O2. The second kappa shape index (κ2) is 8.65. The van der Waals surface area contributed by atoms with Crippen LogP contribution >= 0.6 is 0 Å². The average Bonchev–Trinajstić information content (AvgIpc) is 2.39. The molecule has 0 radical (unpaired) electrons. The third-order valence-electron chi connectivity index (χ3n) is 2.64. The van der Waals surface area contributed by atoms with Gasteiger partial charge in [-0.05, 0) is 31.5 Å². The number of ether oxygens (including phenoxy) is 2. The fraction of sp³-hybridized carbons (Fsp3) is 0.538. The molecule has 1 rings (SSSR count). The maximum atomic E-state index is 13.5. The minimum atomic E-state index is -3.05. The highest BCUT2D eigenvalue weighted by molar-refractivity contribution is 5.48. The van der Waals surface area contributed by atoms with Crippen LogP contribution in [0.3, 0.4) is 0 Å². The zero-order valence-corrected chi connectivity index (χ0v) is 11.2. The van der Waals surface area contributed by atoms with Crippen molar-refractivity contribution in [2.45, 2.75) is 25.5 Å². The first-order chi connectivity index (χ1) is 9.56. The highest BCUT2D eigenvalue weighted by atomic mass is 19.3. The zero-order chi connectivity index (χ0) is 15.0. The summed E-state index contributed by atoms with van der Waals surface area (Å²) in [6.07, 6.45) is 1.57. The van der Waals surface area contributed by atoms with Gasteiger partial charge in [0, 0.05) is 24.9 Å². The second-order valence-electron chi connectivity index (χ2n) is 4.25. The van der Waals surface area contributed by atoms with Crippen LogP contribution in [0.4, 0.5) is 18.9 Å². The van der Waals surface area contributed by atoms with Crippen molar-refractivity contribution < 1.29 is 22.6 Å². The third-order valence-corrected chi connectivity index (χ3v) is 2.64. The molecule has 20 heavy (non-hydrogen) atoms.